The van der Waals surface area contributed by atoms with Crippen molar-refractivity contribution in [3.05, 3.63) is 30.7 Å². The monoisotopic (exact) mass is 258 g/mol. The molecule has 0 aliphatic carbocycles. The smallest absolute Gasteiger partial charge is 0.247 e. The van der Waals surface area contributed by atoms with Crippen LogP contribution in [0.1, 0.15) is 0 Å². The number of methoxy groups -OCH3 is 1. The molecule has 0 saturated carbocycles. The average molecular weight is 258 g/mol. The van der Waals surface area contributed by atoms with Crippen LogP contribution in [-0.2, 0) is 6.54 Å². The molecule has 2 N–H and O–H groups in total. The Kier molecular flexibility index (Phi) is 2.92. The number of imidazole rings is 1. The van der Waals surface area contributed by atoms with Crippen LogP contribution in [-0.4, -0.2) is 28.2 Å². The number of nitrogens with zero attached hydrogens (tertiary/aromatic N) is 3. The summed E-state index contributed by atoms with van der Waals surface area (Å²) in [6.45, 7) is 1.29. The average Bonchev–Trinajstić information content (AvgIpc) is 3.03. The first-order valence-electron chi connectivity index (χ1n) is 5.97. The van der Waals surface area contributed by atoms with Crippen molar-refractivity contribution < 1.29 is 9.15 Å². The van der Waals surface area contributed by atoms with Crippen LogP contribution in [0, 0.1) is 0 Å². The second-order valence-corrected chi connectivity index (χ2v) is 4.14. The lowest BCUT2D eigenvalue weighted by Crippen LogP contribution is -2.07. The number of hydrogen-bond acceptors (Lipinski definition) is 5. The molecule has 0 aliphatic rings. The summed E-state index contributed by atoms with van der Waals surface area (Å²) in [7, 11) is 1.62. The van der Waals surface area contributed by atoms with E-state index in [4.69, 9.17) is 14.9 Å². The highest BCUT2D eigenvalue weighted by atomic mass is 16.5. The summed E-state index contributed by atoms with van der Waals surface area (Å²) in [5.74, 6) is 1.25. The van der Waals surface area contributed by atoms with Crippen molar-refractivity contribution in [1.29, 1.82) is 0 Å². The Morgan fingerprint density at radius 3 is 3.11 bits per heavy atom. The topological polar surface area (TPSA) is 79.1 Å². The van der Waals surface area contributed by atoms with Gasteiger partial charge in [0.2, 0.25) is 5.89 Å². The molecule has 0 spiro atoms. The summed E-state index contributed by atoms with van der Waals surface area (Å²) in [4.78, 5) is 8.67. The predicted octanol–water partition coefficient (Wildman–Crippen LogP) is 1.66. The van der Waals surface area contributed by atoms with Crippen molar-refractivity contribution in [2.45, 2.75) is 6.54 Å². The highest BCUT2D eigenvalue weighted by molar-refractivity contribution is 5.77. The number of hydrogen-bond donors (Lipinski definition) is 1. The second-order valence-electron chi connectivity index (χ2n) is 4.14. The van der Waals surface area contributed by atoms with Crippen LogP contribution in [0.5, 0.6) is 5.75 Å². The van der Waals surface area contributed by atoms with E-state index < -0.39 is 0 Å². The molecule has 3 rings (SSSR count). The molecule has 0 radical (unpaired) electrons. The van der Waals surface area contributed by atoms with Gasteiger partial charge < -0.3 is 19.5 Å². The number of rotatable bonds is 4. The summed E-state index contributed by atoms with van der Waals surface area (Å²) in [5, 5.41) is 0. The fourth-order valence-corrected chi connectivity index (χ4v) is 1.89. The van der Waals surface area contributed by atoms with Gasteiger partial charge in [0.25, 0.3) is 0 Å². The molecule has 0 fully saturated rings. The Labute approximate surface area is 109 Å². The molecule has 3 aromatic rings. The van der Waals surface area contributed by atoms with Crippen LogP contribution in [0.2, 0.25) is 0 Å². The Bertz CT molecular complexity index is 702. The van der Waals surface area contributed by atoms with Gasteiger partial charge in [-0.3, -0.25) is 0 Å². The van der Waals surface area contributed by atoms with Crippen molar-refractivity contribution in [3.63, 3.8) is 0 Å². The molecule has 98 valence electrons. The molecule has 6 nitrogen and oxygen atoms in total. The molecule has 6 heteroatoms. The van der Waals surface area contributed by atoms with Gasteiger partial charge >= 0.3 is 0 Å². The third-order valence-corrected chi connectivity index (χ3v) is 2.83. The first-order valence-corrected chi connectivity index (χ1v) is 5.97. The lowest BCUT2D eigenvalue weighted by Gasteiger charge is -1.95. The molecule has 0 saturated heterocycles. The summed E-state index contributed by atoms with van der Waals surface area (Å²) in [6.07, 6.45) is 3.59. The zero-order chi connectivity index (χ0) is 13.2. The van der Waals surface area contributed by atoms with Gasteiger partial charge in [-0.15, -0.1) is 0 Å². The standard InChI is InChI=1S/C13H14N4O2/c1-18-9-2-3-12-10(6-9)16-13(19-12)11-7-17(5-4-14)8-15-11/h2-3,6-8H,4-5,14H2,1H3. The molecule has 0 atom stereocenters. The summed E-state index contributed by atoms with van der Waals surface area (Å²) < 4.78 is 12.7. The maximum Gasteiger partial charge on any atom is 0.247 e. The van der Waals surface area contributed by atoms with Crippen LogP contribution >= 0.6 is 0 Å². The molecule has 2 heterocycles. The fourth-order valence-electron chi connectivity index (χ4n) is 1.89. The molecular weight excluding hydrogens is 244 g/mol. The first kappa shape index (κ1) is 11.7. The van der Waals surface area contributed by atoms with E-state index in [1.807, 2.05) is 29.0 Å². The van der Waals surface area contributed by atoms with Gasteiger partial charge in [-0.1, -0.05) is 0 Å². The minimum atomic E-state index is 0.499. The quantitative estimate of drug-likeness (QED) is 0.769. The van der Waals surface area contributed by atoms with Crippen LogP contribution in [0.15, 0.2) is 35.1 Å². The van der Waals surface area contributed by atoms with E-state index in [9.17, 15) is 0 Å². The summed E-state index contributed by atoms with van der Waals surface area (Å²) >= 11 is 0. The Morgan fingerprint density at radius 2 is 2.32 bits per heavy atom. The molecule has 0 amide bonds. The highest BCUT2D eigenvalue weighted by Gasteiger charge is 2.11. The van der Waals surface area contributed by atoms with Gasteiger partial charge in [-0.2, -0.15) is 0 Å². The number of benzene rings is 1. The second kappa shape index (κ2) is 4.74. The van der Waals surface area contributed by atoms with Gasteiger partial charge in [-0.25, -0.2) is 9.97 Å². The Hall–Kier alpha value is -2.34. The SMILES string of the molecule is COc1ccc2oc(-c3cn(CCN)cn3)nc2c1. The first-order chi connectivity index (χ1) is 9.30. The normalized spacial score (nSPS) is 11.1. The van der Waals surface area contributed by atoms with E-state index in [2.05, 4.69) is 9.97 Å². The number of ether oxygens (including phenoxy) is 1. The number of aromatic nitrogens is 3. The van der Waals surface area contributed by atoms with Crippen molar-refractivity contribution in [1.82, 2.24) is 14.5 Å². The van der Waals surface area contributed by atoms with E-state index in [1.165, 1.54) is 0 Å². The van der Waals surface area contributed by atoms with Crippen molar-refractivity contribution in [2.24, 2.45) is 5.73 Å². The van der Waals surface area contributed by atoms with Gasteiger partial charge in [0.15, 0.2) is 5.58 Å². The van der Waals surface area contributed by atoms with Gasteiger partial charge in [0.1, 0.15) is 17.0 Å². The lowest BCUT2D eigenvalue weighted by atomic mass is 10.3. The third-order valence-electron chi connectivity index (χ3n) is 2.83. The zero-order valence-corrected chi connectivity index (χ0v) is 10.5. The molecule has 0 unspecified atom stereocenters. The largest absolute Gasteiger partial charge is 0.497 e. The maximum absolute atomic E-state index is 5.67. The minimum absolute atomic E-state index is 0.499. The predicted molar refractivity (Wildman–Crippen MR) is 70.8 cm³/mol. The number of fused-ring (bicyclic) bond motifs is 1. The van der Waals surface area contributed by atoms with Crippen LogP contribution in [0.4, 0.5) is 0 Å². The van der Waals surface area contributed by atoms with Crippen LogP contribution in [0.3, 0.4) is 0 Å². The van der Waals surface area contributed by atoms with Gasteiger partial charge in [0.05, 0.1) is 13.4 Å². The van der Waals surface area contributed by atoms with E-state index in [-0.39, 0.29) is 0 Å². The van der Waals surface area contributed by atoms with Crippen molar-refractivity contribution in [3.8, 4) is 17.3 Å². The molecule has 1 aromatic carbocycles. The summed E-state index contributed by atoms with van der Waals surface area (Å²) in [5.41, 5.74) is 7.66. The minimum Gasteiger partial charge on any atom is -0.497 e. The van der Waals surface area contributed by atoms with Gasteiger partial charge in [0, 0.05) is 25.4 Å². The number of oxazole rings is 1. The van der Waals surface area contributed by atoms with Crippen molar-refractivity contribution in [2.75, 3.05) is 13.7 Å². The zero-order valence-electron chi connectivity index (χ0n) is 10.5. The molecular formula is C13H14N4O2. The Balaban J connectivity index is 1.99. The molecule has 2 aromatic heterocycles. The molecule has 0 bridgehead atoms. The Morgan fingerprint density at radius 1 is 1.42 bits per heavy atom. The third kappa shape index (κ3) is 2.17. The molecule has 19 heavy (non-hydrogen) atoms. The van der Waals surface area contributed by atoms with Crippen molar-refractivity contribution >= 4 is 11.1 Å². The highest BCUT2D eigenvalue weighted by Crippen LogP contribution is 2.25. The van der Waals surface area contributed by atoms with E-state index >= 15 is 0 Å². The van der Waals surface area contributed by atoms with Crippen LogP contribution < -0.4 is 10.5 Å². The molecule has 0 aliphatic heterocycles. The van der Waals surface area contributed by atoms with E-state index in [1.54, 1.807) is 13.4 Å². The van der Waals surface area contributed by atoms with E-state index in [0.29, 0.717) is 23.7 Å². The maximum atomic E-state index is 5.67. The van der Waals surface area contributed by atoms with Gasteiger partial charge in [-0.05, 0) is 12.1 Å². The summed E-state index contributed by atoms with van der Waals surface area (Å²) in [6, 6.07) is 5.51. The van der Waals surface area contributed by atoms with Crippen LogP contribution in [0.25, 0.3) is 22.7 Å². The number of nitrogens with two attached hydrogens (primary N) is 1. The lowest BCUT2D eigenvalue weighted by molar-refractivity contribution is 0.415. The van der Waals surface area contributed by atoms with E-state index in [0.717, 1.165) is 17.8 Å². The fraction of sp³-hybridized carbons (Fsp3) is 0.231.